The SMILES string of the molecule is O=C(Nc1ccc(Cl)cc1)n1ccc(C=Cc2ncc(C(F)(F)F)cc2Cl)n1. The average Bonchev–Trinajstić information content (AvgIpc) is 3.11. The lowest BCUT2D eigenvalue weighted by Gasteiger charge is -2.07. The van der Waals surface area contributed by atoms with E-state index < -0.39 is 17.8 Å². The van der Waals surface area contributed by atoms with E-state index in [1.54, 1.807) is 30.3 Å². The molecule has 3 rings (SSSR count). The van der Waals surface area contributed by atoms with E-state index in [-0.39, 0.29) is 10.7 Å². The van der Waals surface area contributed by atoms with Gasteiger partial charge in [0, 0.05) is 23.1 Å². The third-order valence-corrected chi connectivity index (χ3v) is 4.08. The highest BCUT2D eigenvalue weighted by atomic mass is 35.5. The van der Waals surface area contributed by atoms with Crippen LogP contribution in [0, 0.1) is 0 Å². The molecule has 0 aliphatic rings. The topological polar surface area (TPSA) is 59.8 Å². The summed E-state index contributed by atoms with van der Waals surface area (Å²) in [5.74, 6) is 0. The summed E-state index contributed by atoms with van der Waals surface area (Å²) in [6, 6.07) is 8.41. The van der Waals surface area contributed by atoms with E-state index in [0.717, 1.165) is 10.7 Å². The van der Waals surface area contributed by atoms with Crippen LogP contribution >= 0.6 is 23.2 Å². The fourth-order valence-electron chi connectivity index (χ4n) is 2.14. The van der Waals surface area contributed by atoms with E-state index in [1.165, 1.54) is 18.3 Å². The quantitative estimate of drug-likeness (QED) is 0.570. The molecule has 2 aromatic heterocycles. The number of nitrogens with zero attached hydrogens (tertiary/aromatic N) is 3. The van der Waals surface area contributed by atoms with Gasteiger partial charge in [-0.3, -0.25) is 4.98 Å². The lowest BCUT2D eigenvalue weighted by atomic mass is 10.2. The maximum absolute atomic E-state index is 12.6. The molecule has 1 amide bonds. The summed E-state index contributed by atoms with van der Waals surface area (Å²) in [6.45, 7) is 0. The molecule has 0 radical (unpaired) electrons. The molecule has 5 nitrogen and oxygen atoms in total. The smallest absolute Gasteiger partial charge is 0.306 e. The molecule has 0 aliphatic heterocycles. The van der Waals surface area contributed by atoms with Gasteiger partial charge in [-0.2, -0.15) is 23.0 Å². The number of anilines is 1. The second-order valence-corrected chi connectivity index (χ2v) is 6.39. The van der Waals surface area contributed by atoms with Crippen LogP contribution in [0.2, 0.25) is 10.0 Å². The van der Waals surface area contributed by atoms with Crippen molar-refractivity contribution in [3.8, 4) is 0 Å². The Morgan fingerprint density at radius 2 is 1.82 bits per heavy atom. The molecule has 0 atom stereocenters. The number of hydrogen-bond acceptors (Lipinski definition) is 3. The van der Waals surface area contributed by atoms with Crippen molar-refractivity contribution < 1.29 is 18.0 Å². The molecule has 0 saturated carbocycles. The minimum atomic E-state index is -4.52. The molecule has 1 N–H and O–H groups in total. The van der Waals surface area contributed by atoms with E-state index in [4.69, 9.17) is 23.2 Å². The zero-order chi connectivity index (χ0) is 20.3. The minimum absolute atomic E-state index is 0.147. The first-order valence-electron chi connectivity index (χ1n) is 7.76. The highest BCUT2D eigenvalue weighted by Crippen LogP contribution is 2.31. The summed E-state index contributed by atoms with van der Waals surface area (Å²) >= 11 is 11.6. The molecule has 0 bridgehead atoms. The third kappa shape index (κ3) is 4.90. The first kappa shape index (κ1) is 19.9. The van der Waals surface area contributed by atoms with Gasteiger partial charge in [-0.15, -0.1) is 0 Å². The van der Waals surface area contributed by atoms with Crippen LogP contribution in [-0.2, 0) is 6.18 Å². The van der Waals surface area contributed by atoms with Crippen LogP contribution in [0.5, 0.6) is 0 Å². The molecule has 0 spiro atoms. The molecular weight excluding hydrogens is 416 g/mol. The number of carbonyl (C=O) groups is 1. The maximum Gasteiger partial charge on any atom is 0.417 e. The first-order chi connectivity index (χ1) is 13.2. The van der Waals surface area contributed by atoms with E-state index in [0.29, 0.717) is 22.6 Å². The lowest BCUT2D eigenvalue weighted by molar-refractivity contribution is -0.137. The minimum Gasteiger partial charge on any atom is -0.306 e. The van der Waals surface area contributed by atoms with Gasteiger partial charge >= 0.3 is 12.2 Å². The van der Waals surface area contributed by atoms with Crippen molar-refractivity contribution >= 4 is 47.1 Å². The van der Waals surface area contributed by atoms with Gasteiger partial charge in [0.2, 0.25) is 0 Å². The number of benzene rings is 1. The summed E-state index contributed by atoms with van der Waals surface area (Å²) < 4.78 is 39.0. The van der Waals surface area contributed by atoms with Gasteiger partial charge in [-0.1, -0.05) is 23.2 Å². The van der Waals surface area contributed by atoms with Crippen molar-refractivity contribution in [2.45, 2.75) is 6.18 Å². The Balaban J connectivity index is 1.70. The molecular formula is C18H11Cl2F3N4O. The zero-order valence-electron chi connectivity index (χ0n) is 13.9. The Labute approximate surface area is 167 Å². The summed E-state index contributed by atoms with van der Waals surface area (Å²) in [5, 5.41) is 7.10. The molecule has 0 unspecified atom stereocenters. The molecule has 1 aromatic carbocycles. The number of aromatic nitrogens is 3. The Hall–Kier alpha value is -2.84. The number of hydrogen-bond donors (Lipinski definition) is 1. The van der Waals surface area contributed by atoms with Crippen LogP contribution < -0.4 is 5.32 Å². The fraction of sp³-hybridized carbons (Fsp3) is 0.0556. The van der Waals surface area contributed by atoms with Crippen LogP contribution in [0.4, 0.5) is 23.7 Å². The van der Waals surface area contributed by atoms with Crippen molar-refractivity contribution in [2.24, 2.45) is 0 Å². The number of alkyl halides is 3. The zero-order valence-corrected chi connectivity index (χ0v) is 15.4. The molecule has 0 aliphatic carbocycles. The van der Waals surface area contributed by atoms with Crippen molar-refractivity contribution in [1.29, 1.82) is 0 Å². The largest absolute Gasteiger partial charge is 0.417 e. The van der Waals surface area contributed by atoms with Gasteiger partial charge < -0.3 is 5.32 Å². The van der Waals surface area contributed by atoms with Crippen LogP contribution in [0.3, 0.4) is 0 Å². The number of amides is 1. The van der Waals surface area contributed by atoms with Crippen molar-refractivity contribution in [3.05, 3.63) is 75.8 Å². The van der Waals surface area contributed by atoms with E-state index >= 15 is 0 Å². The van der Waals surface area contributed by atoms with E-state index in [2.05, 4.69) is 15.4 Å². The highest BCUT2D eigenvalue weighted by Gasteiger charge is 2.31. The Bertz CT molecular complexity index is 1030. The molecule has 28 heavy (non-hydrogen) atoms. The standard InChI is InChI=1S/C18H11Cl2F3N4O/c19-12-1-3-13(4-2-12)25-17(28)27-8-7-14(26-27)5-6-16-15(20)9-11(10-24-16)18(21,22)23/h1-10H,(H,25,28). The summed E-state index contributed by atoms with van der Waals surface area (Å²) in [4.78, 5) is 15.9. The Morgan fingerprint density at radius 1 is 1.11 bits per heavy atom. The fourth-order valence-corrected chi connectivity index (χ4v) is 2.50. The van der Waals surface area contributed by atoms with Crippen molar-refractivity contribution in [3.63, 3.8) is 0 Å². The van der Waals surface area contributed by atoms with Gasteiger partial charge in [0.1, 0.15) is 0 Å². The normalized spacial score (nSPS) is 11.8. The van der Waals surface area contributed by atoms with Crippen LogP contribution in [-0.4, -0.2) is 20.8 Å². The number of pyridine rings is 1. The van der Waals surface area contributed by atoms with Gasteiger partial charge in [0.25, 0.3) is 0 Å². The molecule has 0 saturated heterocycles. The van der Waals surface area contributed by atoms with E-state index in [9.17, 15) is 18.0 Å². The van der Waals surface area contributed by atoms with Gasteiger partial charge in [0.05, 0.1) is 22.0 Å². The predicted molar refractivity (Wildman–Crippen MR) is 101 cm³/mol. The average molecular weight is 427 g/mol. The Kier molecular flexibility index (Phi) is 5.71. The molecule has 0 fully saturated rings. The number of rotatable bonds is 3. The number of carbonyl (C=O) groups excluding carboxylic acids is 1. The van der Waals surface area contributed by atoms with Crippen LogP contribution in [0.15, 0.2) is 48.8 Å². The maximum atomic E-state index is 12.6. The van der Waals surface area contributed by atoms with Crippen LogP contribution in [0.1, 0.15) is 17.0 Å². The number of halogens is 5. The second kappa shape index (κ2) is 8.04. The lowest BCUT2D eigenvalue weighted by Crippen LogP contribution is -2.19. The molecule has 3 aromatic rings. The predicted octanol–water partition coefficient (Wildman–Crippen LogP) is 5.85. The van der Waals surface area contributed by atoms with Gasteiger partial charge in [-0.25, -0.2) is 4.79 Å². The van der Waals surface area contributed by atoms with Crippen molar-refractivity contribution in [1.82, 2.24) is 14.8 Å². The first-order valence-corrected chi connectivity index (χ1v) is 8.51. The van der Waals surface area contributed by atoms with Crippen LogP contribution in [0.25, 0.3) is 12.2 Å². The summed E-state index contributed by atoms with van der Waals surface area (Å²) in [6.07, 6.45) is 0.505. The van der Waals surface area contributed by atoms with Crippen molar-refractivity contribution in [2.75, 3.05) is 5.32 Å². The summed E-state index contributed by atoms with van der Waals surface area (Å²) in [5.41, 5.74) is 0.152. The van der Waals surface area contributed by atoms with Gasteiger partial charge in [0.15, 0.2) is 0 Å². The summed E-state index contributed by atoms with van der Waals surface area (Å²) in [7, 11) is 0. The third-order valence-electron chi connectivity index (χ3n) is 3.52. The molecule has 2 heterocycles. The second-order valence-electron chi connectivity index (χ2n) is 5.54. The Morgan fingerprint density at radius 3 is 2.46 bits per heavy atom. The number of nitrogens with one attached hydrogen (secondary N) is 1. The van der Waals surface area contributed by atoms with E-state index in [1.807, 2.05) is 0 Å². The van der Waals surface area contributed by atoms with Gasteiger partial charge in [-0.05, 0) is 48.6 Å². The highest BCUT2D eigenvalue weighted by molar-refractivity contribution is 6.32. The monoisotopic (exact) mass is 426 g/mol. The molecule has 10 heteroatoms. The molecule has 144 valence electrons.